The Morgan fingerprint density at radius 3 is 2.62 bits per heavy atom. The quantitative estimate of drug-likeness (QED) is 0.287. The normalized spacial score (nSPS) is 12.1. The SMILES string of the molecule is O=C(NCc1ccc2c(c1)OCO2)c1nnn(-c2cc(Cl)cc(Cl)c2)c1CSc1ncccn1. The second-order valence-electron chi connectivity index (χ2n) is 7.11. The Hall–Kier alpha value is -3.34. The Morgan fingerprint density at radius 1 is 1.06 bits per heavy atom. The van der Waals surface area contributed by atoms with E-state index in [-0.39, 0.29) is 24.9 Å². The summed E-state index contributed by atoms with van der Waals surface area (Å²) in [4.78, 5) is 21.5. The zero-order valence-corrected chi connectivity index (χ0v) is 19.8. The van der Waals surface area contributed by atoms with Crippen LogP contribution in [0.2, 0.25) is 10.0 Å². The first-order chi connectivity index (χ1) is 16.6. The number of benzene rings is 2. The number of ether oxygens (including phenoxy) is 2. The highest BCUT2D eigenvalue weighted by Gasteiger charge is 2.22. The van der Waals surface area contributed by atoms with Gasteiger partial charge in [0.1, 0.15) is 0 Å². The van der Waals surface area contributed by atoms with Crippen LogP contribution in [0.4, 0.5) is 0 Å². The lowest BCUT2D eigenvalue weighted by atomic mass is 10.2. The summed E-state index contributed by atoms with van der Waals surface area (Å²) in [5.41, 5.74) is 2.18. The van der Waals surface area contributed by atoms with E-state index in [2.05, 4.69) is 25.6 Å². The minimum atomic E-state index is -0.373. The van der Waals surface area contributed by atoms with Crippen LogP contribution < -0.4 is 14.8 Å². The zero-order valence-electron chi connectivity index (χ0n) is 17.4. The Labute approximate surface area is 208 Å². The Balaban J connectivity index is 1.40. The second-order valence-corrected chi connectivity index (χ2v) is 8.93. The third kappa shape index (κ3) is 4.93. The van der Waals surface area contributed by atoms with Gasteiger partial charge in [-0.1, -0.05) is 46.2 Å². The summed E-state index contributed by atoms with van der Waals surface area (Å²) in [5, 5.41) is 12.7. The summed E-state index contributed by atoms with van der Waals surface area (Å²) in [6.45, 7) is 0.466. The number of fused-ring (bicyclic) bond motifs is 1. The Morgan fingerprint density at radius 2 is 1.82 bits per heavy atom. The molecule has 34 heavy (non-hydrogen) atoms. The van der Waals surface area contributed by atoms with Crippen molar-refractivity contribution in [2.24, 2.45) is 0 Å². The number of carbonyl (C=O) groups is 1. The number of carbonyl (C=O) groups excluding carboxylic acids is 1. The van der Waals surface area contributed by atoms with Crippen molar-refractivity contribution in [2.45, 2.75) is 17.5 Å². The van der Waals surface area contributed by atoms with Gasteiger partial charge in [-0.3, -0.25) is 4.79 Å². The molecule has 0 fully saturated rings. The van der Waals surface area contributed by atoms with Crippen LogP contribution in [0.15, 0.2) is 60.0 Å². The van der Waals surface area contributed by atoms with E-state index in [1.54, 1.807) is 41.3 Å². The van der Waals surface area contributed by atoms with Crippen molar-refractivity contribution in [1.29, 1.82) is 0 Å². The highest BCUT2D eigenvalue weighted by molar-refractivity contribution is 7.98. The van der Waals surface area contributed by atoms with E-state index in [0.29, 0.717) is 43.8 Å². The van der Waals surface area contributed by atoms with Crippen LogP contribution in [0.5, 0.6) is 11.5 Å². The highest BCUT2D eigenvalue weighted by Crippen LogP contribution is 2.32. The van der Waals surface area contributed by atoms with Gasteiger partial charge in [0, 0.05) is 34.7 Å². The molecule has 1 N–H and O–H groups in total. The molecule has 4 aromatic rings. The zero-order chi connectivity index (χ0) is 23.5. The van der Waals surface area contributed by atoms with Crippen molar-refractivity contribution in [3.05, 3.63) is 81.9 Å². The molecule has 172 valence electrons. The highest BCUT2D eigenvalue weighted by atomic mass is 35.5. The summed E-state index contributed by atoms with van der Waals surface area (Å²) in [6, 6.07) is 12.3. The number of thioether (sulfide) groups is 1. The number of rotatable bonds is 7. The molecule has 0 unspecified atom stereocenters. The number of halogens is 2. The van der Waals surface area contributed by atoms with Gasteiger partial charge >= 0.3 is 0 Å². The van der Waals surface area contributed by atoms with Gasteiger partial charge in [0.25, 0.3) is 5.91 Å². The molecule has 1 aliphatic rings. The molecule has 1 amide bonds. The predicted octanol–water partition coefficient (Wildman–Crippen LogP) is 4.32. The Kier molecular flexibility index (Phi) is 6.52. The van der Waals surface area contributed by atoms with Crippen LogP contribution in [-0.4, -0.2) is 37.7 Å². The number of amides is 1. The lowest BCUT2D eigenvalue weighted by Crippen LogP contribution is -2.24. The minimum absolute atomic E-state index is 0.181. The maximum Gasteiger partial charge on any atom is 0.274 e. The Bertz CT molecular complexity index is 1330. The molecule has 2 aromatic carbocycles. The van der Waals surface area contributed by atoms with E-state index in [9.17, 15) is 4.79 Å². The number of nitrogens with one attached hydrogen (secondary N) is 1. The molecule has 0 atom stereocenters. The summed E-state index contributed by atoms with van der Waals surface area (Å²) in [7, 11) is 0. The van der Waals surface area contributed by atoms with Crippen molar-refractivity contribution < 1.29 is 14.3 Å². The van der Waals surface area contributed by atoms with Gasteiger partial charge in [0.05, 0.1) is 11.4 Å². The minimum Gasteiger partial charge on any atom is -0.454 e. The molecule has 0 saturated heterocycles. The molecule has 2 aromatic heterocycles. The summed E-state index contributed by atoms with van der Waals surface area (Å²) < 4.78 is 12.3. The van der Waals surface area contributed by atoms with Gasteiger partial charge < -0.3 is 14.8 Å². The first kappa shape index (κ1) is 22.5. The van der Waals surface area contributed by atoms with Crippen LogP contribution in [0, 0.1) is 0 Å². The van der Waals surface area contributed by atoms with E-state index in [0.717, 1.165) is 5.56 Å². The van der Waals surface area contributed by atoms with Crippen molar-refractivity contribution in [2.75, 3.05) is 6.79 Å². The van der Waals surface area contributed by atoms with Gasteiger partial charge in [-0.05, 0) is 42.0 Å². The standard InChI is InChI=1S/C22H16Cl2N6O3S/c23-14-7-15(24)9-16(8-14)30-17(11-34-22-25-4-1-5-26-22)20(28-29-30)21(31)27-10-13-2-3-18-19(6-13)33-12-32-18/h1-9H,10-12H2,(H,27,31). The third-order valence-electron chi connectivity index (χ3n) is 4.84. The van der Waals surface area contributed by atoms with Crippen molar-refractivity contribution in [1.82, 2.24) is 30.3 Å². The van der Waals surface area contributed by atoms with Crippen molar-refractivity contribution >= 4 is 40.9 Å². The molecular formula is C22H16Cl2N6O3S. The van der Waals surface area contributed by atoms with E-state index in [1.165, 1.54) is 11.8 Å². The predicted molar refractivity (Wildman–Crippen MR) is 127 cm³/mol. The molecule has 9 nitrogen and oxygen atoms in total. The van der Waals surface area contributed by atoms with Crippen molar-refractivity contribution in [3.63, 3.8) is 0 Å². The van der Waals surface area contributed by atoms with Crippen molar-refractivity contribution in [3.8, 4) is 17.2 Å². The molecule has 3 heterocycles. The van der Waals surface area contributed by atoms with E-state index in [1.807, 2.05) is 18.2 Å². The third-order valence-corrected chi connectivity index (χ3v) is 6.16. The van der Waals surface area contributed by atoms with E-state index in [4.69, 9.17) is 32.7 Å². The fourth-order valence-corrected chi connectivity index (χ4v) is 4.60. The van der Waals surface area contributed by atoms with Gasteiger partial charge in [-0.25, -0.2) is 14.6 Å². The first-order valence-corrected chi connectivity index (χ1v) is 11.8. The maximum absolute atomic E-state index is 13.1. The number of aromatic nitrogens is 5. The maximum atomic E-state index is 13.1. The molecular weight excluding hydrogens is 499 g/mol. The number of hydrogen-bond acceptors (Lipinski definition) is 8. The monoisotopic (exact) mass is 514 g/mol. The average molecular weight is 515 g/mol. The molecule has 5 rings (SSSR count). The second kappa shape index (κ2) is 9.88. The molecule has 12 heteroatoms. The largest absolute Gasteiger partial charge is 0.454 e. The molecule has 1 aliphatic heterocycles. The molecule has 0 aliphatic carbocycles. The van der Waals surface area contributed by atoms with Gasteiger partial charge in [0.15, 0.2) is 22.3 Å². The lowest BCUT2D eigenvalue weighted by molar-refractivity contribution is 0.0945. The van der Waals surface area contributed by atoms with Crippen LogP contribution in [0.1, 0.15) is 21.7 Å². The topological polar surface area (TPSA) is 104 Å². The van der Waals surface area contributed by atoms with Gasteiger partial charge in [0.2, 0.25) is 6.79 Å². The summed E-state index contributed by atoms with van der Waals surface area (Å²) in [5.74, 6) is 1.30. The summed E-state index contributed by atoms with van der Waals surface area (Å²) in [6.07, 6.45) is 3.31. The molecule has 0 bridgehead atoms. The number of nitrogens with zero attached hydrogens (tertiary/aromatic N) is 5. The fraction of sp³-hybridized carbons (Fsp3) is 0.136. The fourth-order valence-electron chi connectivity index (χ4n) is 3.29. The van der Waals surface area contributed by atoms with Crippen LogP contribution >= 0.6 is 35.0 Å². The first-order valence-electron chi connectivity index (χ1n) is 10.0. The van der Waals surface area contributed by atoms with Crippen LogP contribution in [-0.2, 0) is 12.3 Å². The smallest absolute Gasteiger partial charge is 0.274 e. The van der Waals surface area contributed by atoms with Gasteiger partial charge in [-0.2, -0.15) is 0 Å². The molecule has 0 saturated carbocycles. The molecule has 0 spiro atoms. The lowest BCUT2D eigenvalue weighted by Gasteiger charge is -2.09. The van der Waals surface area contributed by atoms with Crippen LogP contribution in [0.25, 0.3) is 5.69 Å². The number of hydrogen-bond donors (Lipinski definition) is 1. The van der Waals surface area contributed by atoms with E-state index < -0.39 is 0 Å². The molecule has 0 radical (unpaired) electrons. The average Bonchev–Trinajstić information content (AvgIpc) is 3.48. The summed E-state index contributed by atoms with van der Waals surface area (Å²) >= 11 is 13.7. The van der Waals surface area contributed by atoms with Gasteiger partial charge in [-0.15, -0.1) is 5.10 Å². The van der Waals surface area contributed by atoms with Crippen LogP contribution in [0.3, 0.4) is 0 Å². The van der Waals surface area contributed by atoms with E-state index >= 15 is 0 Å².